The Morgan fingerprint density at radius 1 is 1.02 bits per heavy atom. The highest BCUT2D eigenvalue weighted by molar-refractivity contribution is 6.31. The maximum Gasteiger partial charge on any atom is 0.410 e. The van der Waals surface area contributed by atoms with Crippen LogP contribution in [0.25, 0.3) is 11.3 Å². The Kier molecular flexibility index (Phi) is 15.8. The number of likely N-dealkylation sites (tertiary alicyclic amines) is 1. The van der Waals surface area contributed by atoms with E-state index in [4.69, 9.17) is 37.4 Å². The minimum absolute atomic E-state index is 0.0951. The second-order valence-electron chi connectivity index (χ2n) is 16.9. The molecule has 3 amide bonds. The van der Waals surface area contributed by atoms with Crippen LogP contribution < -0.4 is 15.4 Å². The highest BCUT2D eigenvalue weighted by Gasteiger charge is 2.45. The Morgan fingerprint density at radius 3 is 2.34 bits per heavy atom. The summed E-state index contributed by atoms with van der Waals surface area (Å²) in [6.45, 7) is 8.21. The van der Waals surface area contributed by atoms with Crippen molar-refractivity contribution in [2.24, 2.45) is 7.05 Å². The molecule has 2 heterocycles. The minimum Gasteiger partial charge on any atom is -0.457 e. The van der Waals surface area contributed by atoms with E-state index in [0.29, 0.717) is 43.1 Å². The van der Waals surface area contributed by atoms with Crippen molar-refractivity contribution in [3.8, 4) is 22.8 Å². The maximum absolute atomic E-state index is 15.5. The summed E-state index contributed by atoms with van der Waals surface area (Å²) in [5, 5.41) is 6.64. The van der Waals surface area contributed by atoms with Gasteiger partial charge in [0.05, 0.1) is 36.6 Å². The number of imidazole rings is 1. The van der Waals surface area contributed by atoms with Gasteiger partial charge in [0.1, 0.15) is 34.8 Å². The maximum atomic E-state index is 15.5. The predicted octanol–water partition coefficient (Wildman–Crippen LogP) is 7.47. The van der Waals surface area contributed by atoms with Crippen LogP contribution in [0.3, 0.4) is 0 Å². The summed E-state index contributed by atoms with van der Waals surface area (Å²) in [5.74, 6) is 0.0414. The zero-order chi connectivity index (χ0) is 44.6. The molecular formula is C45H58Cl2FN7O6. The van der Waals surface area contributed by atoms with Crippen molar-refractivity contribution < 1.29 is 33.0 Å². The van der Waals surface area contributed by atoms with Gasteiger partial charge in [-0.2, -0.15) is 0 Å². The van der Waals surface area contributed by atoms with Crippen LogP contribution in [0.1, 0.15) is 57.5 Å². The number of likely N-dealkylation sites (N-methyl/N-ethyl adjacent to an activating group) is 1. The van der Waals surface area contributed by atoms with E-state index in [1.54, 1.807) is 48.0 Å². The average Bonchev–Trinajstić information content (AvgIpc) is 3.55. The summed E-state index contributed by atoms with van der Waals surface area (Å²) in [6, 6.07) is 15.5. The van der Waals surface area contributed by atoms with Crippen LogP contribution in [0.5, 0.6) is 11.5 Å². The molecule has 1 aliphatic heterocycles. The van der Waals surface area contributed by atoms with Crippen molar-refractivity contribution in [3.05, 3.63) is 99.7 Å². The van der Waals surface area contributed by atoms with Crippen molar-refractivity contribution in [2.45, 2.75) is 83.3 Å². The summed E-state index contributed by atoms with van der Waals surface area (Å²) in [7, 11) is 9.08. The van der Waals surface area contributed by atoms with Gasteiger partial charge in [-0.05, 0) is 115 Å². The highest BCUT2D eigenvalue weighted by atomic mass is 35.5. The summed E-state index contributed by atoms with van der Waals surface area (Å²) >= 11 is 12.5. The minimum atomic E-state index is -1.08. The van der Waals surface area contributed by atoms with Crippen molar-refractivity contribution in [3.63, 3.8) is 0 Å². The van der Waals surface area contributed by atoms with Crippen molar-refractivity contribution in [1.82, 2.24) is 34.9 Å². The summed E-state index contributed by atoms with van der Waals surface area (Å²) in [4.78, 5) is 51.4. The molecule has 2 N–H and O–H groups in total. The highest BCUT2D eigenvalue weighted by Crippen LogP contribution is 2.34. The fourth-order valence-corrected chi connectivity index (χ4v) is 7.70. The standard InChI is InChI=1S/C45H58Cl2FN7O6/c1-29(49-24-35-36(48)21-33(47)22-39(35)60-34-17-13-31(14-18-34)38-25-50-40(53(38)7)26-52(5)6)41(56)51-37(27-59-9)42(57)54(8)45(23-30-11-15-32(46)16-12-30)19-10-20-55(28-45)43(58)61-44(2,3)4/h11-18,21-22,25,29,37,49H,10,19-20,23-24,26-28H2,1-9H3,(H,51,56)/t29-,37-,45+/m0/s1. The van der Waals surface area contributed by atoms with Crippen LogP contribution in [0, 0.1) is 5.82 Å². The first-order valence-corrected chi connectivity index (χ1v) is 21.0. The lowest BCUT2D eigenvalue weighted by molar-refractivity contribution is -0.144. The van der Waals surface area contributed by atoms with E-state index in [1.165, 1.54) is 19.2 Å². The zero-order valence-corrected chi connectivity index (χ0v) is 38.0. The van der Waals surface area contributed by atoms with E-state index < -0.39 is 46.9 Å². The van der Waals surface area contributed by atoms with Crippen LogP contribution in [0.2, 0.25) is 10.0 Å². The Bertz CT molecular complexity index is 2140. The number of nitrogens with zero attached hydrogens (tertiary/aromatic N) is 5. The van der Waals surface area contributed by atoms with Crippen LogP contribution in [-0.4, -0.2) is 113 Å². The summed E-state index contributed by atoms with van der Waals surface area (Å²) in [5.41, 5.74) is 1.40. The molecule has 0 bridgehead atoms. The number of benzene rings is 3. The monoisotopic (exact) mass is 881 g/mol. The summed E-state index contributed by atoms with van der Waals surface area (Å²) in [6.07, 6.45) is 2.99. The number of ether oxygens (including phenoxy) is 3. The van der Waals surface area contributed by atoms with Crippen LogP contribution in [0.15, 0.2) is 66.9 Å². The van der Waals surface area contributed by atoms with Gasteiger partial charge in [0.25, 0.3) is 0 Å². The number of carbonyl (C=O) groups is 3. The van der Waals surface area contributed by atoms with E-state index in [1.807, 2.05) is 81.8 Å². The topological polar surface area (TPSA) is 130 Å². The van der Waals surface area contributed by atoms with E-state index in [-0.39, 0.29) is 36.0 Å². The number of nitrogens with one attached hydrogen (secondary N) is 2. The van der Waals surface area contributed by atoms with Gasteiger partial charge >= 0.3 is 6.09 Å². The molecule has 1 saturated heterocycles. The third-order valence-corrected chi connectivity index (χ3v) is 11.1. The first-order chi connectivity index (χ1) is 28.8. The second kappa shape index (κ2) is 20.4. The molecule has 0 unspecified atom stereocenters. The van der Waals surface area contributed by atoms with Gasteiger partial charge in [-0.25, -0.2) is 14.2 Å². The molecule has 13 nitrogen and oxygen atoms in total. The molecule has 3 aromatic carbocycles. The van der Waals surface area contributed by atoms with E-state index >= 15 is 4.39 Å². The third kappa shape index (κ3) is 12.4. The van der Waals surface area contributed by atoms with Gasteiger partial charge in [0.15, 0.2) is 0 Å². The number of hydrogen-bond donors (Lipinski definition) is 2. The molecule has 61 heavy (non-hydrogen) atoms. The Morgan fingerprint density at radius 2 is 1.70 bits per heavy atom. The van der Waals surface area contributed by atoms with Gasteiger partial charge in [-0.1, -0.05) is 35.3 Å². The molecule has 4 aromatic rings. The SMILES string of the molecule is COC[C@H](NC(=O)[C@H](C)NCc1c(F)cc(Cl)cc1Oc1ccc(-c2cnc(CN(C)C)n2C)cc1)C(=O)N(C)[C@@]1(Cc2ccc(Cl)cc2)CCCN(C(=O)OC(C)(C)C)C1. The first kappa shape index (κ1) is 47.3. The van der Waals surface area contributed by atoms with Gasteiger partial charge in [-0.15, -0.1) is 0 Å². The van der Waals surface area contributed by atoms with Crippen molar-refractivity contribution in [2.75, 3.05) is 47.9 Å². The molecule has 0 spiro atoms. The molecule has 0 saturated carbocycles. The smallest absolute Gasteiger partial charge is 0.410 e. The lowest BCUT2D eigenvalue weighted by Gasteiger charge is -2.49. The molecule has 0 aliphatic carbocycles. The van der Waals surface area contributed by atoms with E-state index in [9.17, 15) is 14.4 Å². The van der Waals surface area contributed by atoms with E-state index in [2.05, 4.69) is 15.6 Å². The molecule has 330 valence electrons. The predicted molar refractivity (Wildman–Crippen MR) is 235 cm³/mol. The number of methoxy groups -OCH3 is 1. The van der Waals surface area contributed by atoms with Gasteiger partial charge in [0, 0.05) is 62.0 Å². The number of rotatable bonds is 16. The molecule has 1 fully saturated rings. The third-order valence-electron chi connectivity index (χ3n) is 10.7. The molecule has 3 atom stereocenters. The van der Waals surface area contributed by atoms with E-state index in [0.717, 1.165) is 22.6 Å². The molecule has 1 aliphatic rings. The van der Waals surface area contributed by atoms with Crippen molar-refractivity contribution >= 4 is 41.1 Å². The number of hydrogen-bond acceptors (Lipinski definition) is 9. The molecule has 0 radical (unpaired) electrons. The quantitative estimate of drug-likeness (QED) is 0.118. The number of halogens is 3. The van der Waals surface area contributed by atoms with Gasteiger partial charge in [-0.3, -0.25) is 9.59 Å². The fraction of sp³-hybridized carbons (Fsp3) is 0.467. The van der Waals surface area contributed by atoms with Crippen LogP contribution in [-0.2, 0) is 45.6 Å². The number of aromatic nitrogens is 2. The average molecular weight is 883 g/mol. The fourth-order valence-electron chi connectivity index (χ4n) is 7.38. The normalized spacial score (nSPS) is 16.6. The largest absolute Gasteiger partial charge is 0.457 e. The molecular weight excluding hydrogens is 824 g/mol. The molecule has 16 heteroatoms. The van der Waals surface area contributed by atoms with Gasteiger partial charge in [0.2, 0.25) is 11.8 Å². The zero-order valence-electron chi connectivity index (χ0n) is 36.5. The lowest BCUT2D eigenvalue weighted by atomic mass is 9.81. The Hall–Kier alpha value is -4.73. The number of amides is 3. The lowest BCUT2D eigenvalue weighted by Crippen LogP contribution is -2.65. The number of piperidine rings is 1. The Balaban J connectivity index is 1.29. The molecule has 5 rings (SSSR count). The second-order valence-corrected chi connectivity index (χ2v) is 17.8. The Labute approximate surface area is 368 Å². The van der Waals surface area contributed by atoms with Crippen LogP contribution >= 0.6 is 23.2 Å². The van der Waals surface area contributed by atoms with Crippen LogP contribution in [0.4, 0.5) is 9.18 Å². The number of carbonyl (C=O) groups excluding carboxylic acids is 3. The van der Waals surface area contributed by atoms with Crippen molar-refractivity contribution in [1.29, 1.82) is 0 Å². The van der Waals surface area contributed by atoms with Gasteiger partial charge < -0.3 is 44.1 Å². The first-order valence-electron chi connectivity index (χ1n) is 20.2. The summed E-state index contributed by atoms with van der Waals surface area (Å²) < 4.78 is 34.9. The molecule has 1 aromatic heterocycles.